The second kappa shape index (κ2) is 8.25. The number of para-hydroxylation sites is 1. The molecule has 0 aliphatic carbocycles. The molecule has 0 aromatic heterocycles. The molecule has 2 aromatic rings. The highest BCUT2D eigenvalue weighted by molar-refractivity contribution is 6.07. The SMILES string of the molecule is CCN(C(=O)C1CC(=O)N(c2ccccc2C(=O)OC)C1)c1cccc(C)c1. The first-order valence-corrected chi connectivity index (χ1v) is 9.32. The molecule has 6 nitrogen and oxygen atoms in total. The first-order valence-electron chi connectivity index (χ1n) is 9.32. The van der Waals surface area contributed by atoms with Crippen LogP contribution in [0, 0.1) is 12.8 Å². The largest absolute Gasteiger partial charge is 0.465 e. The van der Waals surface area contributed by atoms with E-state index >= 15 is 0 Å². The molecule has 1 aliphatic rings. The quantitative estimate of drug-likeness (QED) is 0.747. The minimum Gasteiger partial charge on any atom is -0.465 e. The van der Waals surface area contributed by atoms with Gasteiger partial charge in [0.15, 0.2) is 0 Å². The van der Waals surface area contributed by atoms with Crippen LogP contribution in [0.4, 0.5) is 11.4 Å². The molecular weight excluding hydrogens is 356 g/mol. The Morgan fingerprint density at radius 1 is 1.18 bits per heavy atom. The fraction of sp³-hybridized carbons (Fsp3) is 0.318. The second-order valence-corrected chi connectivity index (χ2v) is 6.84. The van der Waals surface area contributed by atoms with Gasteiger partial charge < -0.3 is 14.5 Å². The molecule has 3 rings (SSSR count). The van der Waals surface area contributed by atoms with E-state index in [0.717, 1.165) is 11.3 Å². The van der Waals surface area contributed by atoms with Gasteiger partial charge in [0.05, 0.1) is 24.3 Å². The number of aryl methyl sites for hydroxylation is 1. The molecule has 0 saturated carbocycles. The maximum absolute atomic E-state index is 13.1. The number of methoxy groups -OCH3 is 1. The number of hydrogen-bond donors (Lipinski definition) is 0. The minimum absolute atomic E-state index is 0.0838. The Kier molecular flexibility index (Phi) is 5.78. The van der Waals surface area contributed by atoms with Crippen LogP contribution in [0.15, 0.2) is 48.5 Å². The van der Waals surface area contributed by atoms with Gasteiger partial charge in [-0.05, 0) is 43.7 Å². The van der Waals surface area contributed by atoms with Crippen molar-refractivity contribution in [2.45, 2.75) is 20.3 Å². The van der Waals surface area contributed by atoms with Crippen molar-refractivity contribution in [1.29, 1.82) is 0 Å². The van der Waals surface area contributed by atoms with Crippen LogP contribution < -0.4 is 9.80 Å². The van der Waals surface area contributed by atoms with Crippen molar-refractivity contribution in [3.63, 3.8) is 0 Å². The Morgan fingerprint density at radius 3 is 2.61 bits per heavy atom. The lowest BCUT2D eigenvalue weighted by Gasteiger charge is -2.25. The zero-order valence-electron chi connectivity index (χ0n) is 16.3. The van der Waals surface area contributed by atoms with E-state index < -0.39 is 11.9 Å². The number of carbonyl (C=O) groups excluding carboxylic acids is 3. The maximum atomic E-state index is 13.1. The summed E-state index contributed by atoms with van der Waals surface area (Å²) in [7, 11) is 1.30. The molecule has 1 fully saturated rings. The molecule has 1 unspecified atom stereocenters. The normalized spacial score (nSPS) is 16.2. The Morgan fingerprint density at radius 2 is 1.93 bits per heavy atom. The Bertz CT molecular complexity index is 909. The molecule has 2 aromatic carbocycles. The van der Waals surface area contributed by atoms with Gasteiger partial charge in [-0.3, -0.25) is 9.59 Å². The molecule has 1 atom stereocenters. The summed E-state index contributed by atoms with van der Waals surface area (Å²) in [5.74, 6) is -1.22. The molecule has 0 N–H and O–H groups in total. The minimum atomic E-state index is -0.506. The summed E-state index contributed by atoms with van der Waals surface area (Å²) in [6.45, 7) is 4.66. The van der Waals surface area contributed by atoms with Crippen molar-refractivity contribution >= 4 is 29.2 Å². The third kappa shape index (κ3) is 3.76. The van der Waals surface area contributed by atoms with E-state index in [9.17, 15) is 14.4 Å². The van der Waals surface area contributed by atoms with Crippen LogP contribution in [0.3, 0.4) is 0 Å². The zero-order chi connectivity index (χ0) is 20.3. The smallest absolute Gasteiger partial charge is 0.339 e. The first-order chi connectivity index (χ1) is 13.5. The van der Waals surface area contributed by atoms with Crippen LogP contribution in [-0.2, 0) is 14.3 Å². The van der Waals surface area contributed by atoms with Crippen LogP contribution in [0.1, 0.15) is 29.3 Å². The van der Waals surface area contributed by atoms with Crippen LogP contribution in [0.25, 0.3) is 0 Å². The lowest BCUT2D eigenvalue weighted by molar-refractivity contribution is -0.124. The van der Waals surface area contributed by atoms with E-state index in [4.69, 9.17) is 4.74 Å². The van der Waals surface area contributed by atoms with Crippen molar-refractivity contribution in [3.05, 3.63) is 59.7 Å². The van der Waals surface area contributed by atoms with Gasteiger partial charge in [0.2, 0.25) is 11.8 Å². The summed E-state index contributed by atoms with van der Waals surface area (Å²) in [5.41, 5.74) is 2.69. The number of carbonyl (C=O) groups is 3. The molecule has 0 bridgehead atoms. The van der Waals surface area contributed by atoms with E-state index in [1.54, 1.807) is 29.2 Å². The van der Waals surface area contributed by atoms with Gasteiger partial charge in [-0.2, -0.15) is 0 Å². The predicted octanol–water partition coefficient (Wildman–Crippen LogP) is 3.19. The molecular formula is C22H24N2O4. The summed E-state index contributed by atoms with van der Waals surface area (Å²) < 4.78 is 4.82. The molecule has 28 heavy (non-hydrogen) atoms. The molecule has 1 aliphatic heterocycles. The molecule has 0 radical (unpaired) electrons. The molecule has 1 heterocycles. The summed E-state index contributed by atoms with van der Waals surface area (Å²) >= 11 is 0. The molecule has 0 spiro atoms. The number of rotatable bonds is 5. The van der Waals surface area contributed by atoms with Gasteiger partial charge >= 0.3 is 5.97 Å². The van der Waals surface area contributed by atoms with E-state index in [0.29, 0.717) is 17.8 Å². The van der Waals surface area contributed by atoms with E-state index in [1.165, 1.54) is 12.0 Å². The number of hydrogen-bond acceptors (Lipinski definition) is 4. The first kappa shape index (κ1) is 19.6. The van der Waals surface area contributed by atoms with Gasteiger partial charge in [-0.1, -0.05) is 24.3 Å². The highest BCUT2D eigenvalue weighted by Crippen LogP contribution is 2.30. The molecule has 2 amide bonds. The Labute approximate surface area is 164 Å². The monoisotopic (exact) mass is 380 g/mol. The maximum Gasteiger partial charge on any atom is 0.339 e. The molecule has 146 valence electrons. The molecule has 6 heteroatoms. The van der Waals surface area contributed by atoms with Crippen molar-refractivity contribution in [2.24, 2.45) is 5.92 Å². The Hall–Kier alpha value is -3.15. The summed E-state index contributed by atoms with van der Waals surface area (Å²) in [6, 6.07) is 14.6. The topological polar surface area (TPSA) is 66.9 Å². The third-order valence-corrected chi connectivity index (χ3v) is 4.97. The van der Waals surface area contributed by atoms with Crippen LogP contribution in [0.2, 0.25) is 0 Å². The molecule has 1 saturated heterocycles. The lowest BCUT2D eigenvalue weighted by atomic mass is 10.1. The van der Waals surface area contributed by atoms with E-state index in [-0.39, 0.29) is 24.8 Å². The highest BCUT2D eigenvalue weighted by atomic mass is 16.5. The summed E-state index contributed by atoms with van der Waals surface area (Å²) in [6.07, 6.45) is 0.122. The predicted molar refractivity (Wildman–Crippen MR) is 107 cm³/mol. The zero-order valence-corrected chi connectivity index (χ0v) is 16.3. The van der Waals surface area contributed by atoms with Gasteiger partial charge in [-0.25, -0.2) is 4.79 Å². The highest BCUT2D eigenvalue weighted by Gasteiger charge is 2.38. The number of benzene rings is 2. The van der Waals surface area contributed by atoms with Crippen molar-refractivity contribution < 1.29 is 19.1 Å². The van der Waals surface area contributed by atoms with Crippen molar-refractivity contribution in [2.75, 3.05) is 30.0 Å². The van der Waals surface area contributed by atoms with Crippen molar-refractivity contribution in [1.82, 2.24) is 0 Å². The average Bonchev–Trinajstić information content (AvgIpc) is 3.09. The van der Waals surface area contributed by atoms with Crippen LogP contribution in [-0.4, -0.2) is 38.0 Å². The number of esters is 1. The number of anilines is 2. The van der Waals surface area contributed by atoms with E-state index in [1.807, 2.05) is 38.1 Å². The van der Waals surface area contributed by atoms with Gasteiger partial charge in [-0.15, -0.1) is 0 Å². The standard InChI is InChI=1S/C22H24N2O4/c1-4-23(17-9-7-8-15(2)12-17)21(26)16-13-20(25)24(14-16)19-11-6-5-10-18(19)22(27)28-3/h5-12,16H,4,13-14H2,1-3H3. The third-order valence-electron chi connectivity index (χ3n) is 4.97. The lowest BCUT2D eigenvalue weighted by Crippen LogP contribution is -2.37. The van der Waals surface area contributed by atoms with Crippen LogP contribution in [0.5, 0.6) is 0 Å². The Balaban J connectivity index is 1.85. The summed E-state index contributed by atoms with van der Waals surface area (Å²) in [4.78, 5) is 41.1. The summed E-state index contributed by atoms with van der Waals surface area (Å²) in [5, 5.41) is 0. The van der Waals surface area contributed by atoms with Crippen LogP contribution >= 0.6 is 0 Å². The van der Waals surface area contributed by atoms with Gasteiger partial charge in [0.25, 0.3) is 0 Å². The van der Waals surface area contributed by atoms with E-state index in [2.05, 4.69) is 0 Å². The van der Waals surface area contributed by atoms with Crippen molar-refractivity contribution in [3.8, 4) is 0 Å². The number of nitrogens with zero attached hydrogens (tertiary/aromatic N) is 2. The van der Waals surface area contributed by atoms with Gasteiger partial charge in [0.1, 0.15) is 0 Å². The second-order valence-electron chi connectivity index (χ2n) is 6.84. The fourth-order valence-corrected chi connectivity index (χ4v) is 3.58. The fourth-order valence-electron chi connectivity index (χ4n) is 3.58. The number of ether oxygens (including phenoxy) is 1. The number of amides is 2. The van der Waals surface area contributed by atoms with Gasteiger partial charge in [0, 0.05) is 25.2 Å². The average molecular weight is 380 g/mol.